The molecule has 3 heteroatoms. The van der Waals surface area contributed by atoms with Crippen molar-refractivity contribution in [3.63, 3.8) is 0 Å². The zero-order valence-corrected chi connectivity index (χ0v) is 9.62. The van der Waals surface area contributed by atoms with Crippen molar-refractivity contribution in [2.75, 3.05) is 5.32 Å². The Hall–Kier alpha value is -1.09. The van der Waals surface area contributed by atoms with Crippen LogP contribution in [0.2, 0.25) is 0 Å². The Morgan fingerprint density at radius 1 is 1.47 bits per heavy atom. The zero-order chi connectivity index (χ0) is 11.1. The number of nitrogens with one attached hydrogen (secondary N) is 1. The summed E-state index contributed by atoms with van der Waals surface area (Å²) in [6.45, 7) is 6.44. The molecule has 15 heavy (non-hydrogen) atoms. The molecule has 1 aromatic rings. The molecular weight excluding hydrogens is 186 g/mol. The lowest BCUT2D eigenvalue weighted by Gasteiger charge is -2.50. The first-order valence-corrected chi connectivity index (χ1v) is 5.45. The van der Waals surface area contributed by atoms with Crippen LogP contribution >= 0.6 is 0 Å². The van der Waals surface area contributed by atoms with E-state index in [9.17, 15) is 0 Å². The van der Waals surface area contributed by atoms with Gasteiger partial charge in [-0.2, -0.15) is 0 Å². The summed E-state index contributed by atoms with van der Waals surface area (Å²) in [5, 5.41) is 3.44. The molecular formula is C12H19N3. The lowest BCUT2D eigenvalue weighted by atomic mass is 9.63. The van der Waals surface area contributed by atoms with Crippen LogP contribution < -0.4 is 11.1 Å². The number of nitrogens with two attached hydrogens (primary N) is 1. The molecule has 1 fully saturated rings. The maximum Gasteiger partial charge on any atom is 0.126 e. The van der Waals surface area contributed by atoms with Gasteiger partial charge in [0.2, 0.25) is 0 Å². The molecule has 2 unspecified atom stereocenters. The van der Waals surface area contributed by atoms with E-state index in [4.69, 9.17) is 5.73 Å². The minimum Gasteiger partial charge on any atom is -0.367 e. The second-order valence-electron chi connectivity index (χ2n) is 5.08. The van der Waals surface area contributed by atoms with Crippen molar-refractivity contribution in [2.24, 2.45) is 11.1 Å². The number of hydrogen-bond acceptors (Lipinski definition) is 3. The van der Waals surface area contributed by atoms with E-state index >= 15 is 0 Å². The van der Waals surface area contributed by atoms with Crippen LogP contribution in [0.5, 0.6) is 0 Å². The monoisotopic (exact) mass is 205 g/mol. The van der Waals surface area contributed by atoms with E-state index in [-0.39, 0.29) is 5.41 Å². The van der Waals surface area contributed by atoms with Crippen LogP contribution in [0.1, 0.15) is 25.8 Å². The van der Waals surface area contributed by atoms with Crippen LogP contribution in [0.25, 0.3) is 0 Å². The first-order chi connectivity index (χ1) is 7.00. The van der Waals surface area contributed by atoms with Gasteiger partial charge in [-0.05, 0) is 25.0 Å². The van der Waals surface area contributed by atoms with Gasteiger partial charge in [0.1, 0.15) is 5.82 Å². The highest BCUT2D eigenvalue weighted by Gasteiger charge is 2.46. The summed E-state index contributed by atoms with van der Waals surface area (Å²) >= 11 is 0. The van der Waals surface area contributed by atoms with Crippen molar-refractivity contribution >= 4 is 5.82 Å². The van der Waals surface area contributed by atoms with Crippen LogP contribution in [0, 0.1) is 12.3 Å². The van der Waals surface area contributed by atoms with E-state index in [0.29, 0.717) is 12.1 Å². The second-order valence-corrected chi connectivity index (χ2v) is 5.08. The first kappa shape index (κ1) is 10.4. The molecule has 1 aromatic heterocycles. The highest BCUT2D eigenvalue weighted by atomic mass is 15.1. The van der Waals surface area contributed by atoms with Crippen LogP contribution in [0.4, 0.5) is 5.82 Å². The fourth-order valence-corrected chi connectivity index (χ4v) is 1.94. The van der Waals surface area contributed by atoms with E-state index < -0.39 is 0 Å². The van der Waals surface area contributed by atoms with E-state index in [1.165, 1.54) is 5.56 Å². The predicted octanol–water partition coefficient (Wildman–Crippen LogP) is 1.93. The Kier molecular flexibility index (Phi) is 2.43. The summed E-state index contributed by atoms with van der Waals surface area (Å²) in [6.07, 6.45) is 2.91. The number of rotatable bonds is 2. The SMILES string of the molecule is Cc1ccc(NC2CC(N)C2(C)C)nc1. The topological polar surface area (TPSA) is 50.9 Å². The summed E-state index contributed by atoms with van der Waals surface area (Å²) in [4.78, 5) is 4.34. The third-order valence-electron chi connectivity index (χ3n) is 3.58. The third-order valence-corrected chi connectivity index (χ3v) is 3.58. The zero-order valence-electron chi connectivity index (χ0n) is 9.62. The normalized spacial score (nSPS) is 28.3. The van der Waals surface area contributed by atoms with Crippen molar-refractivity contribution in [3.05, 3.63) is 23.9 Å². The second kappa shape index (κ2) is 3.49. The Morgan fingerprint density at radius 3 is 2.67 bits per heavy atom. The summed E-state index contributed by atoms with van der Waals surface area (Å²) in [7, 11) is 0. The molecule has 2 rings (SSSR count). The van der Waals surface area contributed by atoms with Crippen molar-refractivity contribution in [1.29, 1.82) is 0 Å². The van der Waals surface area contributed by atoms with Crippen LogP contribution in [0.15, 0.2) is 18.3 Å². The Bertz CT molecular complexity index is 342. The third kappa shape index (κ3) is 1.84. The Balaban J connectivity index is 2.02. The fraction of sp³-hybridized carbons (Fsp3) is 0.583. The molecule has 0 aromatic carbocycles. The molecule has 0 radical (unpaired) electrons. The van der Waals surface area contributed by atoms with Gasteiger partial charge in [0.25, 0.3) is 0 Å². The van der Waals surface area contributed by atoms with Crippen LogP contribution in [0.3, 0.4) is 0 Å². The smallest absolute Gasteiger partial charge is 0.126 e. The lowest BCUT2D eigenvalue weighted by Crippen LogP contribution is -2.61. The molecule has 1 aliphatic carbocycles. The van der Waals surface area contributed by atoms with Gasteiger partial charge in [-0.15, -0.1) is 0 Å². The molecule has 2 atom stereocenters. The Morgan fingerprint density at radius 2 is 2.20 bits per heavy atom. The van der Waals surface area contributed by atoms with Gasteiger partial charge in [-0.3, -0.25) is 0 Å². The molecule has 0 bridgehead atoms. The molecule has 0 amide bonds. The van der Waals surface area contributed by atoms with Crippen molar-refractivity contribution in [3.8, 4) is 0 Å². The summed E-state index contributed by atoms with van der Waals surface area (Å²) in [5.74, 6) is 0.950. The predicted molar refractivity (Wildman–Crippen MR) is 62.8 cm³/mol. The van der Waals surface area contributed by atoms with Gasteiger partial charge in [0.05, 0.1) is 0 Å². The minimum absolute atomic E-state index is 0.173. The highest BCUT2D eigenvalue weighted by molar-refractivity contribution is 5.38. The van der Waals surface area contributed by atoms with Gasteiger partial charge >= 0.3 is 0 Å². The molecule has 0 saturated heterocycles. The van der Waals surface area contributed by atoms with Crippen molar-refractivity contribution < 1.29 is 0 Å². The van der Waals surface area contributed by atoms with Gasteiger partial charge in [-0.1, -0.05) is 19.9 Å². The van der Waals surface area contributed by atoms with Crippen LogP contribution in [-0.4, -0.2) is 17.1 Å². The number of pyridine rings is 1. The summed E-state index contributed by atoms with van der Waals surface area (Å²) in [6, 6.07) is 4.85. The average molecular weight is 205 g/mol. The first-order valence-electron chi connectivity index (χ1n) is 5.45. The Labute approximate surface area is 91.1 Å². The van der Waals surface area contributed by atoms with Crippen molar-refractivity contribution in [1.82, 2.24) is 4.98 Å². The maximum atomic E-state index is 5.96. The van der Waals surface area contributed by atoms with Gasteiger partial charge in [0, 0.05) is 23.7 Å². The maximum absolute atomic E-state index is 5.96. The van der Waals surface area contributed by atoms with E-state index in [2.05, 4.69) is 30.2 Å². The number of nitrogens with zero attached hydrogens (tertiary/aromatic N) is 1. The molecule has 1 heterocycles. The number of aryl methyl sites for hydroxylation is 1. The van der Waals surface area contributed by atoms with Gasteiger partial charge in [0.15, 0.2) is 0 Å². The van der Waals surface area contributed by atoms with E-state index in [1.54, 1.807) is 0 Å². The standard InChI is InChI=1S/C12H19N3/c1-8-4-5-11(14-7-8)15-10-6-9(13)12(10,2)3/h4-5,7,9-10H,6,13H2,1-3H3,(H,14,15). The largest absolute Gasteiger partial charge is 0.367 e. The summed E-state index contributed by atoms with van der Waals surface area (Å²) in [5.41, 5.74) is 7.32. The average Bonchev–Trinajstić information content (AvgIpc) is 2.21. The molecule has 0 spiro atoms. The molecule has 0 aliphatic heterocycles. The quantitative estimate of drug-likeness (QED) is 0.775. The number of anilines is 1. The fourth-order valence-electron chi connectivity index (χ4n) is 1.94. The molecule has 3 nitrogen and oxygen atoms in total. The molecule has 1 saturated carbocycles. The number of aromatic nitrogens is 1. The van der Waals surface area contributed by atoms with Crippen molar-refractivity contribution in [2.45, 2.75) is 39.3 Å². The molecule has 82 valence electrons. The van der Waals surface area contributed by atoms with Crippen LogP contribution in [-0.2, 0) is 0 Å². The van der Waals surface area contributed by atoms with E-state index in [0.717, 1.165) is 12.2 Å². The number of hydrogen-bond donors (Lipinski definition) is 2. The molecule has 1 aliphatic rings. The van der Waals surface area contributed by atoms with Gasteiger partial charge < -0.3 is 11.1 Å². The lowest BCUT2D eigenvalue weighted by molar-refractivity contribution is 0.117. The van der Waals surface area contributed by atoms with E-state index in [1.807, 2.05) is 19.2 Å². The summed E-state index contributed by atoms with van der Waals surface area (Å²) < 4.78 is 0. The minimum atomic E-state index is 0.173. The molecule has 3 N–H and O–H groups in total. The van der Waals surface area contributed by atoms with Gasteiger partial charge in [-0.25, -0.2) is 4.98 Å². The highest BCUT2D eigenvalue weighted by Crippen LogP contribution is 2.40.